The molecule has 0 aliphatic carbocycles. The maximum absolute atomic E-state index is 12.5. The fraction of sp³-hybridized carbons (Fsp3) is 0.444. The first kappa shape index (κ1) is 17.3. The van der Waals surface area contributed by atoms with Crippen LogP contribution in [0, 0.1) is 0 Å². The maximum Gasteiger partial charge on any atom is 0.356 e. The van der Waals surface area contributed by atoms with Crippen molar-refractivity contribution in [3.63, 3.8) is 0 Å². The number of hydrogen-bond acceptors (Lipinski definition) is 5. The molecule has 0 atom stereocenters. The van der Waals surface area contributed by atoms with Crippen molar-refractivity contribution in [2.45, 2.75) is 19.3 Å². The highest BCUT2D eigenvalue weighted by Crippen LogP contribution is 2.35. The molecule has 3 rings (SSSR count). The molecule has 0 unspecified atom stereocenters. The molecule has 25 heavy (non-hydrogen) atoms. The average molecular weight is 345 g/mol. The Morgan fingerprint density at radius 3 is 2.64 bits per heavy atom. The standard InChI is InChI=1S/C18H23N3O4/c1-24-13-8-6-7-12-15(13)16(17(19-12)18(23)25-2)20-14(22)11-21-9-4-3-5-10-21/h6-8,19H,3-5,9-11H2,1-2H3,(H,20,22). The predicted molar refractivity (Wildman–Crippen MR) is 95.1 cm³/mol. The van der Waals surface area contributed by atoms with Crippen molar-refractivity contribution in [3.05, 3.63) is 23.9 Å². The van der Waals surface area contributed by atoms with Gasteiger partial charge in [-0.25, -0.2) is 4.79 Å². The summed E-state index contributed by atoms with van der Waals surface area (Å²) in [7, 11) is 2.86. The number of aromatic amines is 1. The summed E-state index contributed by atoms with van der Waals surface area (Å²) in [6.07, 6.45) is 3.44. The molecule has 7 heteroatoms. The van der Waals surface area contributed by atoms with Crippen LogP contribution in [0.4, 0.5) is 5.69 Å². The van der Waals surface area contributed by atoms with Crippen molar-refractivity contribution in [1.29, 1.82) is 0 Å². The third-order valence-corrected chi connectivity index (χ3v) is 4.48. The highest BCUT2D eigenvalue weighted by molar-refractivity contribution is 6.13. The Labute approximate surface area is 146 Å². The quantitative estimate of drug-likeness (QED) is 0.813. The van der Waals surface area contributed by atoms with Gasteiger partial charge in [0.1, 0.15) is 11.4 Å². The van der Waals surface area contributed by atoms with Crippen molar-refractivity contribution < 1.29 is 19.1 Å². The van der Waals surface area contributed by atoms with Gasteiger partial charge in [0.25, 0.3) is 0 Å². The van der Waals surface area contributed by atoms with Crippen molar-refractivity contribution in [1.82, 2.24) is 9.88 Å². The third-order valence-electron chi connectivity index (χ3n) is 4.48. The molecule has 0 bridgehead atoms. The molecule has 0 spiro atoms. The molecule has 1 aliphatic heterocycles. The van der Waals surface area contributed by atoms with Gasteiger partial charge in [-0.3, -0.25) is 9.69 Å². The summed E-state index contributed by atoms with van der Waals surface area (Å²) in [6.45, 7) is 2.16. The van der Waals surface area contributed by atoms with Gasteiger partial charge >= 0.3 is 5.97 Å². The molecule has 2 aromatic rings. The number of amides is 1. The van der Waals surface area contributed by atoms with Crippen molar-refractivity contribution in [3.8, 4) is 5.75 Å². The van der Waals surface area contributed by atoms with Crippen molar-refractivity contribution >= 4 is 28.5 Å². The van der Waals surface area contributed by atoms with Crippen LogP contribution < -0.4 is 10.1 Å². The number of H-pyrrole nitrogens is 1. The van der Waals surface area contributed by atoms with Gasteiger partial charge in [0.05, 0.1) is 37.4 Å². The van der Waals surface area contributed by atoms with Crippen LogP contribution in [0.25, 0.3) is 10.9 Å². The number of carbonyl (C=O) groups excluding carboxylic acids is 2. The SMILES string of the molecule is COC(=O)c1[nH]c2cccc(OC)c2c1NC(=O)CN1CCCCC1. The number of anilines is 1. The van der Waals surface area contributed by atoms with E-state index in [-0.39, 0.29) is 11.6 Å². The van der Waals surface area contributed by atoms with E-state index in [1.54, 1.807) is 13.2 Å². The second-order valence-corrected chi connectivity index (χ2v) is 6.13. The van der Waals surface area contributed by atoms with Gasteiger partial charge < -0.3 is 19.8 Å². The first-order chi connectivity index (χ1) is 12.1. The third kappa shape index (κ3) is 3.61. The Morgan fingerprint density at radius 1 is 1.20 bits per heavy atom. The number of rotatable bonds is 5. The van der Waals surface area contributed by atoms with Crippen molar-refractivity contribution in [2.75, 3.05) is 39.2 Å². The summed E-state index contributed by atoms with van der Waals surface area (Å²) in [5.74, 6) is -0.109. The first-order valence-corrected chi connectivity index (χ1v) is 8.43. The minimum absolute atomic E-state index is 0.154. The topological polar surface area (TPSA) is 83.7 Å². The molecule has 0 radical (unpaired) electrons. The smallest absolute Gasteiger partial charge is 0.356 e. The Balaban J connectivity index is 1.92. The number of benzene rings is 1. The van der Waals surface area contributed by atoms with Crippen LogP contribution in [0.3, 0.4) is 0 Å². The number of fused-ring (bicyclic) bond motifs is 1. The fourth-order valence-electron chi connectivity index (χ4n) is 3.27. The summed E-state index contributed by atoms with van der Waals surface area (Å²) in [4.78, 5) is 29.8. The summed E-state index contributed by atoms with van der Waals surface area (Å²) in [5, 5.41) is 3.54. The molecule has 0 saturated carbocycles. The van der Waals surface area contributed by atoms with Gasteiger partial charge in [-0.05, 0) is 38.1 Å². The molecular weight excluding hydrogens is 322 g/mol. The van der Waals surface area contributed by atoms with E-state index in [1.165, 1.54) is 13.5 Å². The lowest BCUT2D eigenvalue weighted by atomic mass is 10.1. The molecule has 2 heterocycles. The van der Waals surface area contributed by atoms with Gasteiger partial charge in [-0.15, -0.1) is 0 Å². The van der Waals surface area contributed by atoms with E-state index >= 15 is 0 Å². The highest BCUT2D eigenvalue weighted by Gasteiger charge is 2.23. The second kappa shape index (κ2) is 7.57. The monoisotopic (exact) mass is 345 g/mol. The molecule has 1 amide bonds. The van der Waals surface area contributed by atoms with Gasteiger partial charge in [0, 0.05) is 0 Å². The van der Waals surface area contributed by atoms with Gasteiger partial charge in [-0.2, -0.15) is 0 Å². The van der Waals surface area contributed by atoms with Crippen LogP contribution in [0.5, 0.6) is 5.75 Å². The molecular formula is C18H23N3O4. The number of piperidine rings is 1. The van der Waals surface area contributed by atoms with Crippen LogP contribution in [-0.2, 0) is 9.53 Å². The molecule has 1 aromatic carbocycles. The number of carbonyl (C=O) groups is 2. The predicted octanol–water partition coefficient (Wildman–Crippen LogP) is 2.39. The number of aromatic nitrogens is 1. The van der Waals surface area contributed by atoms with E-state index in [4.69, 9.17) is 9.47 Å². The Kier molecular flexibility index (Phi) is 5.23. The van der Waals surface area contributed by atoms with Crippen LogP contribution in [-0.4, -0.2) is 55.6 Å². The van der Waals surface area contributed by atoms with Crippen LogP contribution in [0.1, 0.15) is 29.8 Å². The average Bonchev–Trinajstić information content (AvgIpc) is 3.00. The number of likely N-dealkylation sites (tertiary alicyclic amines) is 1. The first-order valence-electron chi connectivity index (χ1n) is 8.43. The molecule has 1 fully saturated rings. The Morgan fingerprint density at radius 2 is 1.96 bits per heavy atom. The molecule has 1 aromatic heterocycles. The zero-order valence-corrected chi connectivity index (χ0v) is 14.6. The lowest BCUT2D eigenvalue weighted by Gasteiger charge is -2.25. The highest BCUT2D eigenvalue weighted by atomic mass is 16.5. The van der Waals surface area contributed by atoms with Gasteiger partial charge in [-0.1, -0.05) is 12.5 Å². The number of hydrogen-bond donors (Lipinski definition) is 2. The second-order valence-electron chi connectivity index (χ2n) is 6.13. The number of nitrogens with zero attached hydrogens (tertiary/aromatic N) is 1. The van der Waals surface area contributed by atoms with Gasteiger partial charge in [0.2, 0.25) is 5.91 Å². The normalized spacial score (nSPS) is 15.1. The summed E-state index contributed by atoms with van der Waals surface area (Å²) in [6, 6.07) is 5.43. The molecule has 1 saturated heterocycles. The van der Waals surface area contributed by atoms with E-state index in [0.717, 1.165) is 25.9 Å². The molecule has 1 aliphatic rings. The number of esters is 1. The van der Waals surface area contributed by atoms with E-state index < -0.39 is 5.97 Å². The summed E-state index contributed by atoms with van der Waals surface area (Å²) in [5.41, 5.74) is 1.32. The van der Waals surface area contributed by atoms with Crippen LogP contribution >= 0.6 is 0 Å². The molecule has 7 nitrogen and oxygen atoms in total. The number of ether oxygens (including phenoxy) is 2. The van der Waals surface area contributed by atoms with Crippen LogP contribution in [0.15, 0.2) is 18.2 Å². The van der Waals surface area contributed by atoms with Crippen molar-refractivity contribution in [2.24, 2.45) is 0 Å². The largest absolute Gasteiger partial charge is 0.496 e. The Hall–Kier alpha value is -2.54. The summed E-state index contributed by atoms with van der Waals surface area (Å²) >= 11 is 0. The lowest BCUT2D eigenvalue weighted by Crippen LogP contribution is -2.37. The fourth-order valence-corrected chi connectivity index (χ4v) is 3.27. The van der Waals surface area contributed by atoms with E-state index in [1.807, 2.05) is 12.1 Å². The minimum Gasteiger partial charge on any atom is -0.496 e. The van der Waals surface area contributed by atoms with E-state index in [2.05, 4.69) is 15.2 Å². The maximum atomic E-state index is 12.5. The van der Waals surface area contributed by atoms with Gasteiger partial charge in [0.15, 0.2) is 0 Å². The minimum atomic E-state index is -0.536. The number of methoxy groups -OCH3 is 2. The molecule has 134 valence electrons. The number of nitrogens with one attached hydrogen (secondary N) is 2. The lowest BCUT2D eigenvalue weighted by molar-refractivity contribution is -0.117. The molecule has 2 N–H and O–H groups in total. The van der Waals surface area contributed by atoms with E-state index in [0.29, 0.717) is 28.9 Å². The zero-order chi connectivity index (χ0) is 17.8. The summed E-state index contributed by atoms with van der Waals surface area (Å²) < 4.78 is 10.2. The van der Waals surface area contributed by atoms with E-state index in [9.17, 15) is 9.59 Å². The Bertz CT molecular complexity index is 778. The zero-order valence-electron chi connectivity index (χ0n) is 14.6. The van der Waals surface area contributed by atoms with Crippen LogP contribution in [0.2, 0.25) is 0 Å².